The van der Waals surface area contributed by atoms with Gasteiger partial charge in [-0.1, -0.05) is 23.5 Å². The van der Waals surface area contributed by atoms with Crippen LogP contribution in [0.2, 0.25) is 0 Å². The van der Waals surface area contributed by atoms with Crippen LogP contribution in [0.15, 0.2) is 24.3 Å². The summed E-state index contributed by atoms with van der Waals surface area (Å²) >= 11 is 0.611. The minimum absolute atomic E-state index is 0.0676. The zero-order chi connectivity index (χ0) is 28.1. The van der Waals surface area contributed by atoms with Crippen molar-refractivity contribution in [2.24, 2.45) is 0 Å². The van der Waals surface area contributed by atoms with E-state index in [1.807, 2.05) is 58.0 Å². The number of amides is 1. The first kappa shape index (κ1) is 27.1. The molecule has 9 nitrogen and oxygen atoms in total. The van der Waals surface area contributed by atoms with Crippen LogP contribution in [-0.4, -0.2) is 80.2 Å². The van der Waals surface area contributed by atoms with Gasteiger partial charge in [0.2, 0.25) is 10.9 Å². The Morgan fingerprint density at radius 1 is 1.18 bits per heavy atom. The Labute approximate surface area is 228 Å². The molecular formula is C26H31F3N8OS. The van der Waals surface area contributed by atoms with E-state index in [4.69, 9.17) is 0 Å². The third kappa shape index (κ3) is 5.37. The summed E-state index contributed by atoms with van der Waals surface area (Å²) in [5.74, 6) is 0.226. The number of imidazole rings is 1. The average Bonchev–Trinajstić information content (AvgIpc) is 3.56. The molecule has 4 heterocycles. The summed E-state index contributed by atoms with van der Waals surface area (Å²) in [5.41, 5.74) is 4.51. The molecule has 0 unspecified atom stereocenters. The minimum Gasteiger partial charge on any atom is -0.358 e. The number of thiazole rings is 1. The third-order valence-electron chi connectivity index (χ3n) is 6.99. The zero-order valence-electron chi connectivity index (χ0n) is 22.5. The van der Waals surface area contributed by atoms with E-state index >= 15 is 0 Å². The number of piperazine rings is 1. The summed E-state index contributed by atoms with van der Waals surface area (Å²) in [7, 11) is 3.98. The van der Waals surface area contributed by atoms with Crippen molar-refractivity contribution in [1.82, 2.24) is 34.5 Å². The first-order valence-corrected chi connectivity index (χ1v) is 13.5. The van der Waals surface area contributed by atoms with Crippen molar-refractivity contribution in [2.45, 2.75) is 46.1 Å². The molecule has 5 rings (SSSR count). The second kappa shape index (κ2) is 10.3. The highest BCUT2D eigenvalue weighted by atomic mass is 32.1. The van der Waals surface area contributed by atoms with Crippen LogP contribution in [0.3, 0.4) is 0 Å². The molecule has 1 aliphatic heterocycles. The van der Waals surface area contributed by atoms with Crippen LogP contribution in [0.1, 0.15) is 28.9 Å². The number of anilines is 1. The number of nitrogens with one attached hydrogen (secondary N) is 1. The van der Waals surface area contributed by atoms with Crippen molar-refractivity contribution in [3.05, 3.63) is 46.2 Å². The number of halogens is 3. The SMILES string of the molecule is Cc1nn(CC(=O)N2CCN(c3sc(C(F)(F)F)nc3-c3nc4ccccc4[nH]3)C[C@H]2C)c(C)c1CN(C)C. The Morgan fingerprint density at radius 2 is 1.92 bits per heavy atom. The second-order valence-electron chi connectivity index (χ2n) is 10.2. The van der Waals surface area contributed by atoms with E-state index < -0.39 is 11.2 Å². The number of H-pyrrole nitrogens is 1. The number of carbonyl (C=O) groups excluding carboxylic acids is 1. The van der Waals surface area contributed by atoms with Gasteiger partial charge >= 0.3 is 6.18 Å². The second-order valence-corrected chi connectivity index (χ2v) is 11.2. The maximum Gasteiger partial charge on any atom is 0.443 e. The van der Waals surface area contributed by atoms with Crippen molar-refractivity contribution in [1.29, 1.82) is 0 Å². The van der Waals surface area contributed by atoms with Crippen LogP contribution in [0.4, 0.5) is 18.2 Å². The summed E-state index contributed by atoms with van der Waals surface area (Å²) in [5, 5.41) is 4.06. The molecule has 1 amide bonds. The molecule has 0 bridgehead atoms. The van der Waals surface area contributed by atoms with Crippen LogP contribution in [0, 0.1) is 13.8 Å². The number of carbonyl (C=O) groups is 1. The Kier molecular flexibility index (Phi) is 7.14. The molecular weight excluding hydrogens is 529 g/mol. The monoisotopic (exact) mass is 560 g/mol. The average molecular weight is 561 g/mol. The largest absolute Gasteiger partial charge is 0.443 e. The fourth-order valence-electron chi connectivity index (χ4n) is 5.03. The van der Waals surface area contributed by atoms with E-state index in [0.29, 0.717) is 47.3 Å². The van der Waals surface area contributed by atoms with Crippen molar-refractivity contribution >= 4 is 33.3 Å². The Bertz CT molecular complexity index is 1470. The van der Waals surface area contributed by atoms with Gasteiger partial charge in [-0.05, 0) is 47.0 Å². The third-order valence-corrected chi connectivity index (χ3v) is 8.15. The van der Waals surface area contributed by atoms with Crippen molar-refractivity contribution < 1.29 is 18.0 Å². The zero-order valence-corrected chi connectivity index (χ0v) is 23.3. The van der Waals surface area contributed by atoms with E-state index in [2.05, 4.69) is 25.0 Å². The van der Waals surface area contributed by atoms with Gasteiger partial charge in [0, 0.05) is 43.5 Å². The normalized spacial score (nSPS) is 16.6. The number of aromatic amines is 1. The molecule has 4 aromatic rings. The van der Waals surface area contributed by atoms with E-state index in [1.165, 1.54) is 0 Å². The van der Waals surface area contributed by atoms with Crippen molar-refractivity contribution in [3.8, 4) is 11.5 Å². The molecule has 1 aromatic carbocycles. The fourth-order valence-corrected chi connectivity index (χ4v) is 6.00. The maximum absolute atomic E-state index is 13.7. The van der Waals surface area contributed by atoms with Gasteiger partial charge in [0.15, 0.2) is 5.82 Å². The number of benzene rings is 1. The van der Waals surface area contributed by atoms with Gasteiger partial charge in [-0.25, -0.2) is 9.97 Å². The number of fused-ring (bicyclic) bond motifs is 1. The van der Waals surface area contributed by atoms with Gasteiger partial charge in [-0.15, -0.1) is 0 Å². The molecule has 1 fully saturated rings. The molecule has 39 heavy (non-hydrogen) atoms. The highest BCUT2D eigenvalue weighted by Gasteiger charge is 2.39. The summed E-state index contributed by atoms with van der Waals surface area (Å²) in [6.07, 6.45) is -4.57. The van der Waals surface area contributed by atoms with Gasteiger partial charge in [0.05, 0.1) is 16.7 Å². The predicted octanol–water partition coefficient (Wildman–Crippen LogP) is 4.32. The van der Waals surface area contributed by atoms with Gasteiger partial charge < -0.3 is 19.7 Å². The minimum atomic E-state index is -4.57. The van der Waals surface area contributed by atoms with Gasteiger partial charge in [-0.2, -0.15) is 18.3 Å². The van der Waals surface area contributed by atoms with Crippen LogP contribution >= 0.6 is 11.3 Å². The van der Waals surface area contributed by atoms with Crippen LogP contribution in [-0.2, 0) is 24.1 Å². The Morgan fingerprint density at radius 3 is 2.59 bits per heavy atom. The Hall–Kier alpha value is -3.45. The molecule has 1 saturated heterocycles. The van der Waals surface area contributed by atoms with E-state index in [1.54, 1.807) is 15.6 Å². The number of aromatic nitrogens is 5. The summed E-state index contributed by atoms with van der Waals surface area (Å²) in [6, 6.07) is 7.06. The molecule has 0 spiro atoms. The van der Waals surface area contributed by atoms with E-state index in [-0.39, 0.29) is 24.2 Å². The molecule has 1 N–H and O–H groups in total. The highest BCUT2D eigenvalue weighted by molar-refractivity contribution is 7.16. The first-order chi connectivity index (χ1) is 18.4. The number of nitrogens with zero attached hydrogens (tertiary/aromatic N) is 7. The Balaban J connectivity index is 1.36. The van der Waals surface area contributed by atoms with Gasteiger partial charge in [-0.3, -0.25) is 9.48 Å². The standard InChI is InChI=1S/C26H31F3N8OS/c1-15-12-35(10-11-36(15)21(38)14-37-17(3)18(13-34(4)5)16(2)33-37)24-22(32-25(39-24)26(27,28)29)23-30-19-8-6-7-9-20(19)31-23/h6-9,15H,10-14H2,1-5H3,(H,30,31)/t15-/m1/s1. The number of rotatable bonds is 6. The molecule has 13 heteroatoms. The number of alkyl halides is 3. The van der Waals surface area contributed by atoms with Gasteiger partial charge in [0.25, 0.3) is 0 Å². The lowest BCUT2D eigenvalue weighted by molar-refractivity contribution is -0.137. The fraction of sp³-hybridized carbons (Fsp3) is 0.462. The first-order valence-electron chi connectivity index (χ1n) is 12.7. The van der Waals surface area contributed by atoms with Crippen molar-refractivity contribution in [2.75, 3.05) is 38.6 Å². The molecule has 1 aliphatic rings. The molecule has 0 radical (unpaired) electrons. The lowest BCUT2D eigenvalue weighted by Crippen LogP contribution is -2.54. The summed E-state index contributed by atoms with van der Waals surface area (Å²) < 4.78 is 42.8. The van der Waals surface area contributed by atoms with Crippen LogP contribution < -0.4 is 4.90 Å². The molecule has 208 valence electrons. The number of hydrogen-bond acceptors (Lipinski definition) is 7. The summed E-state index contributed by atoms with van der Waals surface area (Å²) in [4.78, 5) is 30.6. The van der Waals surface area contributed by atoms with Gasteiger partial charge in [0.1, 0.15) is 17.2 Å². The quantitative estimate of drug-likeness (QED) is 0.378. The van der Waals surface area contributed by atoms with Crippen molar-refractivity contribution in [3.63, 3.8) is 0 Å². The summed E-state index contributed by atoms with van der Waals surface area (Å²) in [6.45, 7) is 7.81. The predicted molar refractivity (Wildman–Crippen MR) is 145 cm³/mol. The number of hydrogen-bond donors (Lipinski definition) is 1. The number of para-hydroxylation sites is 2. The molecule has 3 aromatic heterocycles. The number of aryl methyl sites for hydroxylation is 1. The molecule has 0 aliphatic carbocycles. The van der Waals surface area contributed by atoms with E-state index in [0.717, 1.165) is 29.0 Å². The van der Waals surface area contributed by atoms with E-state index in [9.17, 15) is 18.0 Å². The maximum atomic E-state index is 13.7. The lowest BCUT2D eigenvalue weighted by Gasteiger charge is -2.40. The topological polar surface area (TPSA) is 86.2 Å². The highest BCUT2D eigenvalue weighted by Crippen LogP contribution is 2.42. The lowest BCUT2D eigenvalue weighted by atomic mass is 10.1. The molecule has 0 saturated carbocycles. The smallest absolute Gasteiger partial charge is 0.358 e. The van der Waals surface area contributed by atoms with Crippen LogP contribution in [0.5, 0.6) is 0 Å². The molecule has 1 atom stereocenters. The van der Waals surface area contributed by atoms with Crippen LogP contribution in [0.25, 0.3) is 22.6 Å².